The fraction of sp³-hybridized carbons (Fsp3) is 0.667. The summed E-state index contributed by atoms with van der Waals surface area (Å²) in [6.07, 6.45) is 1.14. The lowest BCUT2D eigenvalue weighted by molar-refractivity contribution is 0.430. The van der Waals surface area contributed by atoms with E-state index in [4.69, 9.17) is 4.42 Å². The van der Waals surface area contributed by atoms with Crippen LogP contribution in [0.3, 0.4) is 0 Å². The smallest absolute Gasteiger partial charge is 0.256 e. The zero-order chi connectivity index (χ0) is 9.14. The third kappa shape index (κ3) is 2.27. The molecular weight excluding hydrogens is 170 g/mol. The molecule has 68 valence electrons. The van der Waals surface area contributed by atoms with Crippen molar-refractivity contribution >= 4 is 11.8 Å². The Morgan fingerprint density at radius 2 is 2.17 bits per heavy atom. The molecule has 1 atom stereocenters. The van der Waals surface area contributed by atoms with Crippen molar-refractivity contribution in [2.24, 2.45) is 0 Å². The maximum absolute atomic E-state index is 5.44. The first-order valence-corrected chi connectivity index (χ1v) is 5.12. The first kappa shape index (κ1) is 9.65. The second kappa shape index (κ2) is 3.99. The van der Waals surface area contributed by atoms with Crippen LogP contribution in [0.15, 0.2) is 9.64 Å². The van der Waals surface area contributed by atoms with Crippen molar-refractivity contribution in [2.75, 3.05) is 0 Å². The van der Waals surface area contributed by atoms with Crippen LogP contribution < -0.4 is 0 Å². The van der Waals surface area contributed by atoms with E-state index in [-0.39, 0.29) is 0 Å². The van der Waals surface area contributed by atoms with E-state index in [0.29, 0.717) is 5.25 Å². The van der Waals surface area contributed by atoms with E-state index in [2.05, 4.69) is 18.8 Å². The molecule has 0 amide bonds. The summed E-state index contributed by atoms with van der Waals surface area (Å²) in [6.45, 7) is 8.27. The number of thioether (sulfide) groups is 1. The molecule has 0 aromatic carbocycles. The largest absolute Gasteiger partial charge is 0.437 e. The van der Waals surface area contributed by atoms with E-state index in [1.807, 2.05) is 13.8 Å². The Kier molecular flexibility index (Phi) is 3.20. The van der Waals surface area contributed by atoms with Crippen LogP contribution in [-0.4, -0.2) is 10.2 Å². The Hall–Kier alpha value is -0.440. The molecule has 0 spiro atoms. The lowest BCUT2D eigenvalue weighted by Crippen LogP contribution is -1.91. The summed E-state index contributed by atoms with van der Waals surface area (Å²) in [7, 11) is 0. The van der Waals surface area contributed by atoms with Gasteiger partial charge in [0.05, 0.1) is 5.69 Å². The number of aryl methyl sites for hydroxylation is 2. The van der Waals surface area contributed by atoms with E-state index < -0.39 is 0 Å². The predicted molar refractivity (Wildman–Crippen MR) is 51.6 cm³/mol. The van der Waals surface area contributed by atoms with E-state index >= 15 is 0 Å². The summed E-state index contributed by atoms with van der Waals surface area (Å²) < 4.78 is 5.44. The van der Waals surface area contributed by atoms with Crippen LogP contribution in [0.5, 0.6) is 0 Å². The molecule has 3 heteroatoms. The molecule has 0 N–H and O–H groups in total. The van der Waals surface area contributed by atoms with Crippen LogP contribution in [0.25, 0.3) is 0 Å². The average Bonchev–Trinajstić information content (AvgIpc) is 2.31. The van der Waals surface area contributed by atoms with Crippen LogP contribution in [0.1, 0.15) is 31.7 Å². The van der Waals surface area contributed by atoms with Gasteiger partial charge in [0, 0.05) is 5.25 Å². The lowest BCUT2D eigenvalue weighted by atomic mass is 10.4. The number of rotatable bonds is 3. The van der Waals surface area contributed by atoms with E-state index in [1.54, 1.807) is 11.8 Å². The second-order valence-corrected chi connectivity index (χ2v) is 4.35. The Bertz CT molecular complexity index is 238. The van der Waals surface area contributed by atoms with E-state index in [9.17, 15) is 0 Å². The van der Waals surface area contributed by atoms with Crippen molar-refractivity contribution in [2.45, 2.75) is 44.6 Å². The van der Waals surface area contributed by atoms with Crippen molar-refractivity contribution in [1.29, 1.82) is 0 Å². The van der Waals surface area contributed by atoms with Gasteiger partial charge in [-0.15, -0.1) is 0 Å². The highest BCUT2D eigenvalue weighted by molar-refractivity contribution is 7.99. The highest BCUT2D eigenvalue weighted by Crippen LogP contribution is 2.25. The molecule has 1 rings (SSSR count). The number of hydrogen-bond donors (Lipinski definition) is 0. The standard InChI is InChI=1S/C9H15NOS/c1-5-6(2)12-9-10-7(3)8(4)11-9/h6H,5H2,1-4H3. The number of oxazole rings is 1. The van der Waals surface area contributed by atoms with Gasteiger partial charge in [-0.2, -0.15) is 0 Å². The zero-order valence-corrected chi connectivity index (χ0v) is 8.86. The van der Waals surface area contributed by atoms with E-state index in [1.165, 1.54) is 0 Å². The molecule has 1 aromatic rings. The Balaban J connectivity index is 2.64. The van der Waals surface area contributed by atoms with Crippen molar-refractivity contribution in [1.82, 2.24) is 4.98 Å². The first-order chi connectivity index (χ1) is 5.63. The van der Waals surface area contributed by atoms with Crippen LogP contribution in [0, 0.1) is 13.8 Å². The minimum atomic E-state index is 0.586. The van der Waals surface area contributed by atoms with Gasteiger partial charge < -0.3 is 4.42 Å². The number of hydrogen-bond acceptors (Lipinski definition) is 3. The van der Waals surface area contributed by atoms with Crippen molar-refractivity contribution < 1.29 is 4.42 Å². The third-order valence-electron chi connectivity index (χ3n) is 1.89. The van der Waals surface area contributed by atoms with Gasteiger partial charge in [-0.05, 0) is 20.3 Å². The highest BCUT2D eigenvalue weighted by Gasteiger charge is 2.09. The van der Waals surface area contributed by atoms with Gasteiger partial charge in [-0.3, -0.25) is 0 Å². The van der Waals surface area contributed by atoms with Gasteiger partial charge >= 0.3 is 0 Å². The summed E-state index contributed by atoms with van der Waals surface area (Å²) >= 11 is 1.70. The van der Waals surface area contributed by atoms with Crippen molar-refractivity contribution in [3.05, 3.63) is 11.5 Å². The molecule has 2 nitrogen and oxygen atoms in total. The zero-order valence-electron chi connectivity index (χ0n) is 8.05. The first-order valence-electron chi connectivity index (χ1n) is 4.24. The minimum Gasteiger partial charge on any atom is -0.437 e. The topological polar surface area (TPSA) is 26.0 Å². The summed E-state index contributed by atoms with van der Waals surface area (Å²) in [5, 5.41) is 1.39. The normalized spacial score (nSPS) is 13.3. The molecule has 0 aliphatic carbocycles. The molecule has 1 heterocycles. The monoisotopic (exact) mass is 185 g/mol. The molecule has 0 aliphatic heterocycles. The Labute approximate surface area is 77.8 Å². The van der Waals surface area contributed by atoms with Crippen molar-refractivity contribution in [3.8, 4) is 0 Å². The second-order valence-electron chi connectivity index (χ2n) is 2.96. The quantitative estimate of drug-likeness (QED) is 0.676. The molecule has 0 aliphatic rings. The fourth-order valence-corrected chi connectivity index (χ4v) is 1.62. The summed E-state index contributed by atoms with van der Waals surface area (Å²) in [6, 6.07) is 0. The SMILES string of the molecule is CCC(C)Sc1nc(C)c(C)o1. The van der Waals surface area contributed by atoms with Gasteiger partial charge in [-0.25, -0.2) is 4.98 Å². The Morgan fingerprint density at radius 1 is 1.50 bits per heavy atom. The Morgan fingerprint density at radius 3 is 2.58 bits per heavy atom. The van der Waals surface area contributed by atoms with Crippen LogP contribution in [-0.2, 0) is 0 Å². The number of nitrogens with zero attached hydrogens (tertiary/aromatic N) is 1. The average molecular weight is 185 g/mol. The summed E-state index contributed by atoms with van der Waals surface area (Å²) in [5.41, 5.74) is 1.00. The fourth-order valence-electron chi connectivity index (χ4n) is 0.749. The maximum Gasteiger partial charge on any atom is 0.256 e. The lowest BCUT2D eigenvalue weighted by Gasteiger charge is -2.02. The third-order valence-corrected chi connectivity index (χ3v) is 3.00. The highest BCUT2D eigenvalue weighted by atomic mass is 32.2. The molecule has 1 aromatic heterocycles. The predicted octanol–water partition coefficient (Wildman–Crippen LogP) is 3.18. The van der Waals surface area contributed by atoms with E-state index in [0.717, 1.165) is 23.1 Å². The minimum absolute atomic E-state index is 0.586. The van der Waals surface area contributed by atoms with Gasteiger partial charge in [0.2, 0.25) is 0 Å². The molecule has 0 bridgehead atoms. The summed E-state index contributed by atoms with van der Waals surface area (Å²) in [4.78, 5) is 4.29. The molecule has 12 heavy (non-hydrogen) atoms. The molecular formula is C9H15NOS. The van der Waals surface area contributed by atoms with Gasteiger partial charge in [0.15, 0.2) is 0 Å². The summed E-state index contributed by atoms with van der Waals surface area (Å²) in [5.74, 6) is 0.931. The molecule has 1 unspecified atom stereocenters. The number of aromatic nitrogens is 1. The molecule has 0 radical (unpaired) electrons. The van der Waals surface area contributed by atoms with Crippen LogP contribution in [0.4, 0.5) is 0 Å². The van der Waals surface area contributed by atoms with Crippen LogP contribution in [0.2, 0.25) is 0 Å². The molecule has 0 fully saturated rings. The van der Waals surface area contributed by atoms with Gasteiger partial charge in [0.1, 0.15) is 5.76 Å². The van der Waals surface area contributed by atoms with Gasteiger partial charge in [0.25, 0.3) is 5.22 Å². The van der Waals surface area contributed by atoms with Crippen LogP contribution >= 0.6 is 11.8 Å². The van der Waals surface area contributed by atoms with Gasteiger partial charge in [-0.1, -0.05) is 25.6 Å². The maximum atomic E-state index is 5.44. The molecule has 0 saturated carbocycles. The van der Waals surface area contributed by atoms with Crippen molar-refractivity contribution in [3.63, 3.8) is 0 Å². The molecule has 0 saturated heterocycles.